The Morgan fingerprint density at radius 2 is 1.80 bits per heavy atom. The summed E-state index contributed by atoms with van der Waals surface area (Å²) in [6, 6.07) is 8.51. The molecule has 0 unspecified atom stereocenters. The molecule has 0 spiro atoms. The van der Waals surface area contributed by atoms with Crippen molar-refractivity contribution in [1.29, 1.82) is 0 Å². The molecule has 0 aliphatic carbocycles. The summed E-state index contributed by atoms with van der Waals surface area (Å²) >= 11 is 3.08. The van der Waals surface area contributed by atoms with Crippen molar-refractivity contribution in [2.45, 2.75) is 13.1 Å². The summed E-state index contributed by atoms with van der Waals surface area (Å²) in [6.07, 6.45) is 0. The Morgan fingerprint density at radius 3 is 2.20 bits per heavy atom. The van der Waals surface area contributed by atoms with Crippen molar-refractivity contribution < 1.29 is 0 Å². The van der Waals surface area contributed by atoms with Gasteiger partial charge in [-0.05, 0) is 0 Å². The van der Waals surface area contributed by atoms with Gasteiger partial charge in [-0.25, -0.2) is 0 Å². The van der Waals surface area contributed by atoms with E-state index in [0.29, 0.717) is 0 Å². The molecule has 0 bridgehead atoms. The zero-order valence-electron chi connectivity index (χ0n) is 6.22. The standard InChI is InChI=1S/C8H10SeSi/c1-10(2)8-6-4-3-5-7(8)9/h3-6H,1-2H3. The predicted octanol–water partition coefficient (Wildman–Crippen LogP) is 0.442. The van der Waals surface area contributed by atoms with E-state index in [1.165, 1.54) is 9.65 Å². The van der Waals surface area contributed by atoms with E-state index < -0.39 is 0 Å². The second-order valence-electron chi connectivity index (χ2n) is 2.50. The van der Waals surface area contributed by atoms with Crippen molar-refractivity contribution in [3.05, 3.63) is 24.3 Å². The monoisotopic (exact) mass is 214 g/mol. The van der Waals surface area contributed by atoms with Gasteiger partial charge in [0, 0.05) is 0 Å². The Hall–Kier alpha value is -0.0436. The summed E-state index contributed by atoms with van der Waals surface area (Å²) < 4.78 is 1.32. The van der Waals surface area contributed by atoms with E-state index in [0.717, 1.165) is 0 Å². The van der Waals surface area contributed by atoms with Crippen molar-refractivity contribution in [1.82, 2.24) is 0 Å². The summed E-state index contributed by atoms with van der Waals surface area (Å²) in [5, 5.41) is 1.51. The Bertz CT molecular complexity index is 220. The van der Waals surface area contributed by atoms with Gasteiger partial charge in [0.2, 0.25) is 0 Å². The van der Waals surface area contributed by atoms with Gasteiger partial charge in [-0.15, -0.1) is 0 Å². The van der Waals surface area contributed by atoms with Gasteiger partial charge in [0.1, 0.15) is 0 Å². The maximum atomic E-state index is 3.08. The number of rotatable bonds is 1. The fraction of sp³-hybridized carbons (Fsp3) is 0.250. The van der Waals surface area contributed by atoms with Gasteiger partial charge in [-0.1, -0.05) is 0 Å². The molecule has 0 aliphatic rings. The summed E-state index contributed by atoms with van der Waals surface area (Å²) in [5.74, 6) is 0. The number of benzene rings is 1. The van der Waals surface area contributed by atoms with Gasteiger partial charge in [0.25, 0.3) is 0 Å². The first-order valence-electron chi connectivity index (χ1n) is 3.28. The molecule has 0 amide bonds. The van der Waals surface area contributed by atoms with Crippen molar-refractivity contribution >= 4 is 34.5 Å². The molecule has 0 saturated heterocycles. The van der Waals surface area contributed by atoms with Crippen LogP contribution >= 0.6 is 0 Å². The zero-order valence-corrected chi connectivity index (χ0v) is 8.93. The third-order valence-electron chi connectivity index (χ3n) is 1.43. The summed E-state index contributed by atoms with van der Waals surface area (Å²) in [4.78, 5) is 0. The predicted molar refractivity (Wildman–Crippen MR) is 48.9 cm³/mol. The molecular formula is C8H10SeSi. The van der Waals surface area contributed by atoms with Crippen molar-refractivity contribution in [3.8, 4) is 0 Å². The topological polar surface area (TPSA) is 0 Å². The molecule has 1 rings (SSSR count). The quantitative estimate of drug-likeness (QED) is 0.594. The molecule has 0 heterocycles. The van der Waals surface area contributed by atoms with E-state index in [9.17, 15) is 0 Å². The van der Waals surface area contributed by atoms with Gasteiger partial charge in [-0.3, -0.25) is 0 Å². The molecule has 0 fully saturated rings. The second kappa shape index (κ2) is 3.38. The Labute approximate surface area is 72.1 Å². The van der Waals surface area contributed by atoms with Crippen LogP contribution in [0.4, 0.5) is 0 Å². The van der Waals surface area contributed by atoms with E-state index in [-0.39, 0.29) is 8.80 Å². The molecule has 0 aliphatic heterocycles. The molecule has 0 aromatic heterocycles. The van der Waals surface area contributed by atoms with E-state index >= 15 is 0 Å². The van der Waals surface area contributed by atoms with Crippen LogP contribution in [0.1, 0.15) is 0 Å². The molecular weight excluding hydrogens is 203 g/mol. The van der Waals surface area contributed by atoms with Crippen LogP contribution in [-0.2, 0) is 0 Å². The van der Waals surface area contributed by atoms with Crippen LogP contribution in [0.25, 0.3) is 0 Å². The summed E-state index contributed by atoms with van der Waals surface area (Å²) in [7, 11) is -0.274. The van der Waals surface area contributed by atoms with Crippen molar-refractivity contribution in [2.24, 2.45) is 0 Å². The van der Waals surface area contributed by atoms with E-state index in [1.54, 1.807) is 0 Å². The molecule has 52 valence electrons. The number of hydrogen-bond donors (Lipinski definition) is 0. The average molecular weight is 213 g/mol. The Balaban J connectivity index is 3.03. The molecule has 0 atom stereocenters. The summed E-state index contributed by atoms with van der Waals surface area (Å²) in [6.45, 7) is 4.61. The molecule has 2 heteroatoms. The van der Waals surface area contributed by atoms with Crippen LogP contribution in [0.15, 0.2) is 24.3 Å². The molecule has 0 saturated carbocycles. The third-order valence-corrected chi connectivity index (χ3v) is 4.09. The third kappa shape index (κ3) is 1.72. The molecule has 0 N–H and O–H groups in total. The normalized spacial score (nSPS) is 10.3. The van der Waals surface area contributed by atoms with Gasteiger partial charge in [0.15, 0.2) is 0 Å². The number of hydrogen-bond acceptors (Lipinski definition) is 0. The van der Waals surface area contributed by atoms with Crippen LogP contribution in [0.5, 0.6) is 0 Å². The molecule has 10 heavy (non-hydrogen) atoms. The first-order chi connectivity index (χ1) is 4.72. The average Bonchev–Trinajstić information content (AvgIpc) is 1.88. The second-order valence-corrected chi connectivity index (χ2v) is 5.96. The van der Waals surface area contributed by atoms with Crippen LogP contribution in [0, 0.1) is 0 Å². The van der Waals surface area contributed by atoms with Crippen molar-refractivity contribution in [3.63, 3.8) is 0 Å². The van der Waals surface area contributed by atoms with Gasteiger partial charge in [0.05, 0.1) is 0 Å². The zero-order chi connectivity index (χ0) is 7.56. The van der Waals surface area contributed by atoms with Crippen LogP contribution < -0.4 is 9.65 Å². The molecule has 1 aromatic rings. The molecule has 2 radical (unpaired) electrons. The van der Waals surface area contributed by atoms with Crippen LogP contribution in [-0.4, -0.2) is 24.8 Å². The Morgan fingerprint density at radius 1 is 1.20 bits per heavy atom. The van der Waals surface area contributed by atoms with Crippen LogP contribution in [0.2, 0.25) is 13.1 Å². The fourth-order valence-electron chi connectivity index (χ4n) is 0.880. The molecule has 0 nitrogen and oxygen atoms in total. The van der Waals surface area contributed by atoms with E-state index in [4.69, 9.17) is 0 Å². The van der Waals surface area contributed by atoms with E-state index in [2.05, 4.69) is 53.4 Å². The van der Waals surface area contributed by atoms with Gasteiger partial charge < -0.3 is 0 Å². The first kappa shape index (κ1) is 8.06. The first-order valence-corrected chi connectivity index (χ1v) is 6.64. The van der Waals surface area contributed by atoms with E-state index in [1.807, 2.05) is 0 Å². The van der Waals surface area contributed by atoms with Crippen LogP contribution in [0.3, 0.4) is 0 Å². The van der Waals surface area contributed by atoms with Gasteiger partial charge >= 0.3 is 71.8 Å². The minimum absolute atomic E-state index is 0.274. The minimum atomic E-state index is -0.274. The Kier molecular flexibility index (Phi) is 2.72. The fourth-order valence-corrected chi connectivity index (χ4v) is 3.48. The SMILES string of the molecule is C[Si](C)c1ccccc1[Se]. The molecule has 1 aromatic carbocycles. The van der Waals surface area contributed by atoms with Gasteiger partial charge in [-0.2, -0.15) is 0 Å². The maximum absolute atomic E-state index is 3.08. The van der Waals surface area contributed by atoms with Crippen molar-refractivity contribution in [2.75, 3.05) is 0 Å². The summed E-state index contributed by atoms with van der Waals surface area (Å²) in [5.41, 5.74) is 0.